The highest BCUT2D eigenvalue weighted by Gasteiger charge is 2.34. The van der Waals surface area contributed by atoms with Crippen molar-refractivity contribution in [2.75, 3.05) is 69.4 Å². The molecule has 3 fully saturated rings. The third-order valence-electron chi connectivity index (χ3n) is 8.40. The normalized spacial score (nSPS) is 23.4. The summed E-state index contributed by atoms with van der Waals surface area (Å²) in [7, 11) is 1.42. The average molecular weight is 535 g/mol. The number of anilines is 2. The van der Waals surface area contributed by atoms with Gasteiger partial charge in [0, 0.05) is 81.9 Å². The van der Waals surface area contributed by atoms with Gasteiger partial charge in [0.2, 0.25) is 5.95 Å². The Bertz CT molecular complexity index is 1270. The highest BCUT2D eigenvalue weighted by atomic mass is 16.5. The molecule has 0 saturated carbocycles. The molecule has 0 bridgehead atoms. The van der Waals surface area contributed by atoms with E-state index in [0.717, 1.165) is 74.5 Å². The van der Waals surface area contributed by atoms with Crippen LogP contribution in [-0.2, 0) is 9.47 Å². The zero-order chi connectivity index (χ0) is 26.9. The first-order valence-electron chi connectivity index (χ1n) is 14.0. The number of H-pyrrole nitrogens is 1. The molecule has 6 rings (SSSR count). The number of carbonyl (C=O) groups excluding carboxylic acids is 1. The Morgan fingerprint density at radius 1 is 1.03 bits per heavy atom. The molecule has 3 aliphatic rings. The van der Waals surface area contributed by atoms with Crippen LogP contribution in [0.2, 0.25) is 0 Å². The fourth-order valence-electron chi connectivity index (χ4n) is 6.35. The molecule has 1 amide bonds. The topological polar surface area (TPSA) is 103 Å². The minimum atomic E-state index is -0.300. The molecule has 208 valence electrons. The summed E-state index contributed by atoms with van der Waals surface area (Å²) in [6.45, 7) is 11.3. The fraction of sp³-hybridized carbons (Fsp3) is 0.571. The van der Waals surface area contributed by atoms with Gasteiger partial charge in [-0.25, -0.2) is 14.8 Å². The van der Waals surface area contributed by atoms with Gasteiger partial charge in [-0.1, -0.05) is 12.1 Å². The summed E-state index contributed by atoms with van der Waals surface area (Å²) in [5, 5.41) is 7.69. The van der Waals surface area contributed by atoms with Gasteiger partial charge >= 0.3 is 6.09 Å². The van der Waals surface area contributed by atoms with Crippen molar-refractivity contribution in [2.24, 2.45) is 0 Å². The smallest absolute Gasteiger partial charge is 0.409 e. The zero-order valence-corrected chi connectivity index (χ0v) is 23.0. The van der Waals surface area contributed by atoms with Crippen molar-refractivity contribution in [1.82, 2.24) is 30.0 Å². The van der Waals surface area contributed by atoms with E-state index in [-0.39, 0.29) is 18.2 Å². The van der Waals surface area contributed by atoms with Crippen LogP contribution in [0.5, 0.6) is 0 Å². The van der Waals surface area contributed by atoms with E-state index >= 15 is 0 Å². The number of nitrogens with one attached hydrogen (secondary N) is 1. The summed E-state index contributed by atoms with van der Waals surface area (Å²) in [6.07, 6.45) is 3.80. The minimum absolute atomic E-state index is 0.0480. The van der Waals surface area contributed by atoms with Gasteiger partial charge in [0.25, 0.3) is 0 Å². The molecule has 2 atom stereocenters. The summed E-state index contributed by atoms with van der Waals surface area (Å²) in [5.41, 5.74) is 4.68. The molecular formula is C28H38N8O3. The van der Waals surface area contributed by atoms with E-state index in [4.69, 9.17) is 14.5 Å². The summed E-state index contributed by atoms with van der Waals surface area (Å²) in [6, 6.07) is 9.43. The Morgan fingerprint density at radius 2 is 1.72 bits per heavy atom. The molecular weight excluding hydrogens is 496 g/mol. The second kappa shape index (κ2) is 11.0. The van der Waals surface area contributed by atoms with Crippen LogP contribution in [0.4, 0.5) is 16.4 Å². The summed E-state index contributed by atoms with van der Waals surface area (Å²) in [4.78, 5) is 30.7. The number of hydrogen-bond donors (Lipinski definition) is 1. The molecule has 1 N–H and O–H groups in total. The lowest BCUT2D eigenvalue weighted by Gasteiger charge is -2.43. The van der Waals surface area contributed by atoms with Crippen LogP contribution in [0, 0.1) is 0 Å². The molecule has 3 aliphatic heterocycles. The van der Waals surface area contributed by atoms with E-state index < -0.39 is 0 Å². The lowest BCUT2D eigenvalue weighted by atomic mass is 10.1. The quantitative estimate of drug-likeness (QED) is 0.541. The number of rotatable bonds is 4. The monoisotopic (exact) mass is 534 g/mol. The van der Waals surface area contributed by atoms with Gasteiger partial charge in [-0.3, -0.25) is 10.00 Å². The number of hydrogen-bond acceptors (Lipinski definition) is 9. The Labute approximate surface area is 229 Å². The number of fused-ring (bicyclic) bond motifs is 1. The van der Waals surface area contributed by atoms with Gasteiger partial charge in [0.05, 0.1) is 13.3 Å². The Balaban J connectivity index is 1.17. The average Bonchev–Trinajstić information content (AvgIpc) is 3.40. The van der Waals surface area contributed by atoms with Crippen molar-refractivity contribution >= 4 is 28.8 Å². The largest absolute Gasteiger partial charge is 0.453 e. The predicted molar refractivity (Wildman–Crippen MR) is 150 cm³/mol. The molecule has 3 aromatic rings. The Hall–Kier alpha value is -3.44. The number of benzene rings is 1. The number of methoxy groups -OCH3 is 1. The van der Waals surface area contributed by atoms with E-state index in [9.17, 15) is 4.79 Å². The van der Waals surface area contributed by atoms with E-state index in [1.165, 1.54) is 12.8 Å². The molecule has 2 aromatic heterocycles. The third-order valence-corrected chi connectivity index (χ3v) is 8.40. The number of aromatic amines is 1. The van der Waals surface area contributed by atoms with Crippen molar-refractivity contribution in [2.45, 2.75) is 44.8 Å². The van der Waals surface area contributed by atoms with Gasteiger partial charge in [0.1, 0.15) is 16.7 Å². The van der Waals surface area contributed by atoms with Crippen LogP contribution in [-0.4, -0.2) is 114 Å². The molecule has 11 nitrogen and oxygen atoms in total. The molecule has 0 radical (unpaired) electrons. The van der Waals surface area contributed by atoms with E-state index in [1.54, 1.807) is 11.1 Å². The van der Waals surface area contributed by atoms with Crippen molar-refractivity contribution in [3.05, 3.63) is 30.5 Å². The van der Waals surface area contributed by atoms with E-state index in [2.05, 4.69) is 68.0 Å². The first kappa shape index (κ1) is 25.8. The predicted octanol–water partition coefficient (Wildman–Crippen LogP) is 2.99. The maximum absolute atomic E-state index is 12.1. The summed E-state index contributed by atoms with van der Waals surface area (Å²) < 4.78 is 10.5. The van der Waals surface area contributed by atoms with Crippen LogP contribution in [0.3, 0.4) is 0 Å². The summed E-state index contributed by atoms with van der Waals surface area (Å²) >= 11 is 0. The maximum Gasteiger partial charge on any atom is 0.409 e. The number of amides is 1. The van der Waals surface area contributed by atoms with E-state index in [0.29, 0.717) is 25.1 Å². The second-order valence-corrected chi connectivity index (χ2v) is 10.9. The van der Waals surface area contributed by atoms with Gasteiger partial charge in [-0.05, 0) is 38.8 Å². The molecule has 3 saturated heterocycles. The third kappa shape index (κ3) is 5.12. The van der Waals surface area contributed by atoms with Crippen LogP contribution in [0.1, 0.15) is 26.7 Å². The number of aromatic nitrogens is 4. The van der Waals surface area contributed by atoms with Crippen LogP contribution < -0.4 is 9.80 Å². The minimum Gasteiger partial charge on any atom is -0.453 e. The first-order chi connectivity index (χ1) is 19.0. The summed E-state index contributed by atoms with van der Waals surface area (Å²) in [5.74, 6) is 0.647. The molecule has 11 heteroatoms. The highest BCUT2D eigenvalue weighted by Crippen LogP contribution is 2.30. The van der Waals surface area contributed by atoms with Crippen LogP contribution in [0.15, 0.2) is 30.5 Å². The SMILES string of the molecule is COC(=O)N1CC(C)N(c2ncc3[nH]nc(-c4ccc(N5CCN(C6CCOCC6)CC5)cc4)c3n2)C(C)C1. The zero-order valence-electron chi connectivity index (χ0n) is 23.0. The van der Waals surface area contributed by atoms with Crippen LogP contribution >= 0.6 is 0 Å². The fourth-order valence-corrected chi connectivity index (χ4v) is 6.35. The van der Waals surface area contributed by atoms with Gasteiger partial charge in [0.15, 0.2) is 0 Å². The lowest BCUT2D eigenvalue weighted by molar-refractivity contribution is 0.0321. The van der Waals surface area contributed by atoms with Crippen molar-refractivity contribution in [3.63, 3.8) is 0 Å². The van der Waals surface area contributed by atoms with Gasteiger partial charge in [-0.2, -0.15) is 5.10 Å². The van der Waals surface area contributed by atoms with Crippen molar-refractivity contribution in [1.29, 1.82) is 0 Å². The van der Waals surface area contributed by atoms with E-state index in [1.807, 2.05) is 0 Å². The van der Waals surface area contributed by atoms with Gasteiger partial charge in [-0.15, -0.1) is 0 Å². The molecule has 39 heavy (non-hydrogen) atoms. The first-order valence-corrected chi connectivity index (χ1v) is 14.0. The second-order valence-electron chi connectivity index (χ2n) is 10.9. The van der Waals surface area contributed by atoms with Crippen LogP contribution in [0.25, 0.3) is 22.3 Å². The number of nitrogens with zero attached hydrogens (tertiary/aromatic N) is 7. The lowest BCUT2D eigenvalue weighted by Crippen LogP contribution is -2.58. The number of ether oxygens (including phenoxy) is 2. The number of carbonyl (C=O) groups is 1. The molecule has 2 unspecified atom stereocenters. The van der Waals surface area contributed by atoms with Crippen molar-refractivity contribution in [3.8, 4) is 11.3 Å². The Morgan fingerprint density at radius 3 is 2.38 bits per heavy atom. The molecule has 5 heterocycles. The van der Waals surface area contributed by atoms with Gasteiger partial charge < -0.3 is 24.2 Å². The maximum atomic E-state index is 12.1. The molecule has 0 spiro atoms. The molecule has 0 aliphatic carbocycles. The number of piperazine rings is 2. The van der Waals surface area contributed by atoms with Crippen molar-refractivity contribution < 1.29 is 14.3 Å². The molecule has 1 aromatic carbocycles. The highest BCUT2D eigenvalue weighted by molar-refractivity contribution is 5.90. The standard InChI is InChI=1S/C28H38N8O3/c1-19-17-35(28(37)38-3)18-20(2)36(19)27-29-16-24-26(30-27)25(32-31-24)21-4-6-22(7-5-21)33-10-12-34(13-11-33)23-8-14-39-15-9-23/h4-7,16,19-20,23H,8-15,17-18H2,1-3H3,(H,31,32). The Kier molecular flexibility index (Phi) is 7.26.